The standard InChI is InChI=1S/C26H27FN4O4/c1-34-19-4-2-3-18(13-19)15-29-26(33)24-30-21-10-9-20(27)23(22(21)25(32)31-24)35-12-11-16-5-7-17(14-28)8-6-16/h2-4,9-10,13,16-17H,5-8,11-12,15H2,1H3,(H,29,33)(H,30,31,32). The number of nitrogens with zero attached hydrogens (tertiary/aromatic N) is 2. The van der Waals surface area contributed by atoms with Crippen LogP contribution in [0.4, 0.5) is 4.39 Å². The molecule has 4 rings (SSSR count). The van der Waals surface area contributed by atoms with Gasteiger partial charge in [-0.1, -0.05) is 12.1 Å². The van der Waals surface area contributed by atoms with Gasteiger partial charge in [0.1, 0.15) is 11.1 Å². The number of fused-ring (bicyclic) bond motifs is 1. The van der Waals surface area contributed by atoms with Gasteiger partial charge in [0.15, 0.2) is 17.4 Å². The van der Waals surface area contributed by atoms with Crippen LogP contribution in [0.5, 0.6) is 11.5 Å². The first-order chi connectivity index (χ1) is 17.0. The van der Waals surface area contributed by atoms with Crippen LogP contribution in [0.25, 0.3) is 10.9 Å². The smallest absolute Gasteiger partial charge is 0.287 e. The summed E-state index contributed by atoms with van der Waals surface area (Å²) in [5, 5.41) is 11.7. The molecular weight excluding hydrogens is 451 g/mol. The van der Waals surface area contributed by atoms with E-state index in [0.717, 1.165) is 31.2 Å². The summed E-state index contributed by atoms with van der Waals surface area (Å²) in [6.07, 6.45) is 4.34. The van der Waals surface area contributed by atoms with Crippen molar-refractivity contribution < 1.29 is 18.7 Å². The molecule has 0 aliphatic heterocycles. The average Bonchev–Trinajstić information content (AvgIpc) is 2.89. The molecule has 0 unspecified atom stereocenters. The summed E-state index contributed by atoms with van der Waals surface area (Å²) in [6, 6.07) is 12.1. The van der Waals surface area contributed by atoms with E-state index in [9.17, 15) is 14.0 Å². The molecule has 2 N–H and O–H groups in total. The fourth-order valence-electron chi connectivity index (χ4n) is 4.38. The quantitative estimate of drug-likeness (QED) is 0.503. The number of nitrogens with one attached hydrogen (secondary N) is 2. The Kier molecular flexibility index (Phi) is 7.60. The fraction of sp³-hybridized carbons (Fsp3) is 0.385. The second-order valence-corrected chi connectivity index (χ2v) is 8.70. The van der Waals surface area contributed by atoms with Crippen molar-refractivity contribution in [2.75, 3.05) is 13.7 Å². The van der Waals surface area contributed by atoms with E-state index < -0.39 is 17.3 Å². The summed E-state index contributed by atoms with van der Waals surface area (Å²) in [7, 11) is 1.56. The molecule has 182 valence electrons. The van der Waals surface area contributed by atoms with Crippen LogP contribution < -0.4 is 20.3 Å². The molecule has 3 aromatic rings. The number of nitriles is 1. The van der Waals surface area contributed by atoms with Crippen molar-refractivity contribution in [1.29, 1.82) is 5.26 Å². The molecule has 35 heavy (non-hydrogen) atoms. The summed E-state index contributed by atoms with van der Waals surface area (Å²) < 4.78 is 25.4. The maximum Gasteiger partial charge on any atom is 0.287 e. The average molecular weight is 479 g/mol. The number of rotatable bonds is 8. The van der Waals surface area contributed by atoms with E-state index in [2.05, 4.69) is 21.4 Å². The summed E-state index contributed by atoms with van der Waals surface area (Å²) in [5.74, 6) is -0.358. The number of ether oxygens (including phenoxy) is 2. The molecule has 8 nitrogen and oxygen atoms in total. The third-order valence-corrected chi connectivity index (χ3v) is 6.38. The predicted molar refractivity (Wildman–Crippen MR) is 128 cm³/mol. The van der Waals surface area contributed by atoms with Gasteiger partial charge < -0.3 is 19.8 Å². The van der Waals surface area contributed by atoms with E-state index in [1.807, 2.05) is 12.1 Å². The maximum atomic E-state index is 14.6. The lowest BCUT2D eigenvalue weighted by Gasteiger charge is -2.24. The van der Waals surface area contributed by atoms with E-state index in [1.165, 1.54) is 12.1 Å². The molecule has 0 radical (unpaired) electrons. The minimum atomic E-state index is -0.659. The number of H-pyrrole nitrogens is 1. The van der Waals surface area contributed by atoms with Crippen molar-refractivity contribution in [2.45, 2.75) is 38.6 Å². The number of aromatic nitrogens is 2. The van der Waals surface area contributed by atoms with Crippen LogP contribution >= 0.6 is 0 Å². The second kappa shape index (κ2) is 11.0. The Morgan fingerprint density at radius 2 is 2.06 bits per heavy atom. The van der Waals surface area contributed by atoms with Crippen LogP contribution in [0, 0.1) is 29.0 Å². The van der Waals surface area contributed by atoms with Crippen LogP contribution in [0.3, 0.4) is 0 Å². The minimum Gasteiger partial charge on any atom is -0.497 e. The Labute approximate surface area is 202 Å². The highest BCUT2D eigenvalue weighted by Crippen LogP contribution is 2.31. The highest BCUT2D eigenvalue weighted by Gasteiger charge is 2.22. The van der Waals surface area contributed by atoms with Crippen LogP contribution in [-0.4, -0.2) is 29.6 Å². The van der Waals surface area contributed by atoms with Gasteiger partial charge in [0.2, 0.25) is 0 Å². The number of halogens is 1. The number of carbonyl (C=O) groups excluding carboxylic acids is 1. The van der Waals surface area contributed by atoms with Gasteiger partial charge in [-0.25, -0.2) is 9.37 Å². The highest BCUT2D eigenvalue weighted by molar-refractivity contribution is 5.93. The fourth-order valence-corrected chi connectivity index (χ4v) is 4.38. The molecular formula is C26H27FN4O4. The molecule has 9 heteroatoms. The van der Waals surface area contributed by atoms with Crippen LogP contribution in [-0.2, 0) is 6.54 Å². The van der Waals surface area contributed by atoms with Gasteiger partial charge in [-0.2, -0.15) is 5.26 Å². The highest BCUT2D eigenvalue weighted by atomic mass is 19.1. The van der Waals surface area contributed by atoms with Gasteiger partial charge in [0, 0.05) is 12.5 Å². The molecule has 1 saturated carbocycles. The third-order valence-electron chi connectivity index (χ3n) is 6.38. The molecule has 2 aromatic carbocycles. The van der Waals surface area contributed by atoms with Gasteiger partial charge in [0.05, 0.1) is 25.3 Å². The van der Waals surface area contributed by atoms with Crippen molar-refractivity contribution in [1.82, 2.24) is 15.3 Å². The first kappa shape index (κ1) is 24.2. The Hall–Kier alpha value is -3.93. The molecule has 1 heterocycles. The zero-order chi connectivity index (χ0) is 24.8. The Morgan fingerprint density at radius 1 is 1.26 bits per heavy atom. The Morgan fingerprint density at radius 3 is 2.80 bits per heavy atom. The molecule has 1 fully saturated rings. The van der Waals surface area contributed by atoms with E-state index >= 15 is 0 Å². The van der Waals surface area contributed by atoms with Gasteiger partial charge in [-0.05, 0) is 67.9 Å². The summed E-state index contributed by atoms with van der Waals surface area (Å²) in [6.45, 7) is 0.464. The number of amides is 1. The van der Waals surface area contributed by atoms with Gasteiger partial charge in [0.25, 0.3) is 11.5 Å². The largest absolute Gasteiger partial charge is 0.497 e. The molecule has 0 spiro atoms. The molecule has 1 aliphatic rings. The van der Waals surface area contributed by atoms with E-state index in [1.54, 1.807) is 19.2 Å². The van der Waals surface area contributed by atoms with E-state index in [4.69, 9.17) is 14.7 Å². The lowest BCUT2D eigenvalue weighted by atomic mass is 9.81. The zero-order valence-corrected chi connectivity index (χ0v) is 19.5. The lowest BCUT2D eigenvalue weighted by Crippen LogP contribution is -2.27. The second-order valence-electron chi connectivity index (χ2n) is 8.70. The van der Waals surface area contributed by atoms with E-state index in [-0.39, 0.29) is 41.5 Å². The van der Waals surface area contributed by atoms with E-state index in [0.29, 0.717) is 18.1 Å². The molecule has 0 bridgehead atoms. The van der Waals surface area contributed by atoms with Gasteiger partial charge in [-0.15, -0.1) is 0 Å². The SMILES string of the molecule is COc1cccc(CNC(=O)c2nc3ccc(F)c(OCCC4CCC(C#N)CC4)c3c(=O)[nH]2)c1. The van der Waals surface area contributed by atoms with Crippen molar-refractivity contribution in [2.24, 2.45) is 11.8 Å². The molecule has 1 aliphatic carbocycles. The summed E-state index contributed by atoms with van der Waals surface area (Å²) in [5.41, 5.74) is 0.344. The number of aromatic amines is 1. The topological polar surface area (TPSA) is 117 Å². The number of carbonyl (C=O) groups is 1. The molecule has 1 aromatic heterocycles. The number of methoxy groups -OCH3 is 1. The number of hydrogen-bond donors (Lipinski definition) is 2. The minimum absolute atomic E-state index is 0.0254. The monoisotopic (exact) mass is 478 g/mol. The van der Waals surface area contributed by atoms with Crippen LogP contribution in [0.1, 0.15) is 48.3 Å². The zero-order valence-electron chi connectivity index (χ0n) is 19.5. The first-order valence-corrected chi connectivity index (χ1v) is 11.6. The van der Waals surface area contributed by atoms with Crippen LogP contribution in [0.15, 0.2) is 41.2 Å². The van der Waals surface area contributed by atoms with Crippen molar-refractivity contribution in [3.8, 4) is 17.6 Å². The van der Waals surface area contributed by atoms with Gasteiger partial charge >= 0.3 is 0 Å². The first-order valence-electron chi connectivity index (χ1n) is 11.6. The number of benzene rings is 2. The molecule has 0 saturated heterocycles. The Balaban J connectivity index is 1.45. The molecule has 0 atom stereocenters. The Bertz CT molecular complexity index is 1310. The van der Waals surface area contributed by atoms with Crippen molar-refractivity contribution >= 4 is 16.8 Å². The maximum absolute atomic E-state index is 14.6. The van der Waals surface area contributed by atoms with Crippen molar-refractivity contribution in [3.63, 3.8) is 0 Å². The van der Waals surface area contributed by atoms with Crippen molar-refractivity contribution in [3.05, 3.63) is 64.0 Å². The van der Waals surface area contributed by atoms with Gasteiger partial charge in [-0.3, -0.25) is 9.59 Å². The summed E-state index contributed by atoms with van der Waals surface area (Å²) in [4.78, 5) is 32.1. The van der Waals surface area contributed by atoms with Crippen LogP contribution in [0.2, 0.25) is 0 Å². The third kappa shape index (κ3) is 5.77. The molecule has 1 amide bonds. The summed E-state index contributed by atoms with van der Waals surface area (Å²) >= 11 is 0. The lowest BCUT2D eigenvalue weighted by molar-refractivity contribution is 0.0940. The predicted octanol–water partition coefficient (Wildman–Crippen LogP) is 4.10. The number of hydrogen-bond acceptors (Lipinski definition) is 6. The normalized spacial score (nSPS) is 17.5.